The Morgan fingerprint density at radius 1 is 1.62 bits per heavy atom. The lowest BCUT2D eigenvalue weighted by Gasteiger charge is -2.00. The van der Waals surface area contributed by atoms with E-state index in [2.05, 4.69) is 10.3 Å². The van der Waals surface area contributed by atoms with Gasteiger partial charge in [-0.2, -0.15) is 11.8 Å². The number of thiazole rings is 1. The van der Waals surface area contributed by atoms with E-state index >= 15 is 0 Å². The van der Waals surface area contributed by atoms with E-state index in [1.54, 1.807) is 0 Å². The van der Waals surface area contributed by atoms with E-state index in [1.165, 1.54) is 23.1 Å². The monoisotopic (exact) mass is 259 g/mol. The minimum atomic E-state index is -0.360. The van der Waals surface area contributed by atoms with E-state index < -0.39 is 0 Å². The summed E-state index contributed by atoms with van der Waals surface area (Å²) in [5, 5.41) is 5.18. The highest BCUT2D eigenvalue weighted by Crippen LogP contribution is 2.14. The second-order valence-electron chi connectivity index (χ2n) is 3.11. The zero-order valence-electron chi connectivity index (χ0n) is 8.86. The first-order valence-electron chi connectivity index (χ1n) is 4.66. The van der Waals surface area contributed by atoms with Crippen molar-refractivity contribution in [1.29, 1.82) is 0 Å². The number of nitrogens with two attached hydrogens (primary N) is 1. The molecule has 5 nitrogen and oxygen atoms in total. The molecule has 0 spiro atoms. The van der Waals surface area contributed by atoms with Gasteiger partial charge in [0.2, 0.25) is 11.8 Å². The van der Waals surface area contributed by atoms with Crippen molar-refractivity contribution >= 4 is 40.0 Å². The number of aromatic nitrogens is 1. The number of carbonyl (C=O) groups excluding carboxylic acids is 2. The van der Waals surface area contributed by atoms with Crippen molar-refractivity contribution < 1.29 is 9.59 Å². The maximum atomic E-state index is 11.4. The number of rotatable bonds is 6. The topological polar surface area (TPSA) is 85.1 Å². The van der Waals surface area contributed by atoms with Gasteiger partial charge in [-0.25, -0.2) is 4.98 Å². The molecule has 0 saturated carbocycles. The van der Waals surface area contributed by atoms with Crippen molar-refractivity contribution in [2.75, 3.05) is 16.8 Å². The number of anilines is 1. The fourth-order valence-corrected chi connectivity index (χ4v) is 2.31. The number of amides is 2. The Hall–Kier alpha value is -1.08. The van der Waals surface area contributed by atoms with Crippen LogP contribution in [-0.4, -0.2) is 28.3 Å². The third-order valence-corrected chi connectivity index (χ3v) is 3.44. The zero-order chi connectivity index (χ0) is 12.0. The van der Waals surface area contributed by atoms with Crippen molar-refractivity contribution in [3.05, 3.63) is 11.1 Å². The molecule has 1 heterocycles. The van der Waals surface area contributed by atoms with Crippen LogP contribution in [0.25, 0.3) is 0 Å². The van der Waals surface area contributed by atoms with E-state index in [1.807, 2.05) is 12.3 Å². The summed E-state index contributed by atoms with van der Waals surface area (Å²) in [6, 6.07) is 0. The first-order chi connectivity index (χ1) is 7.58. The van der Waals surface area contributed by atoms with Crippen LogP contribution in [0.1, 0.15) is 12.1 Å². The Balaban J connectivity index is 2.18. The second kappa shape index (κ2) is 6.49. The average Bonchev–Trinajstić information content (AvgIpc) is 2.58. The standard InChI is InChI=1S/C9H13N3O2S2/c1-6-4-16-9(11-6)12-8(14)2-3-15-5-7(10)13/h4H,2-3,5H2,1H3,(H2,10,13)(H,11,12,14). The smallest absolute Gasteiger partial charge is 0.227 e. The van der Waals surface area contributed by atoms with Gasteiger partial charge in [-0.3, -0.25) is 9.59 Å². The van der Waals surface area contributed by atoms with Gasteiger partial charge < -0.3 is 11.1 Å². The summed E-state index contributed by atoms with van der Waals surface area (Å²) in [5.74, 6) is 0.384. The molecular weight excluding hydrogens is 246 g/mol. The summed E-state index contributed by atoms with van der Waals surface area (Å²) in [6.07, 6.45) is 0.358. The van der Waals surface area contributed by atoms with Crippen LogP contribution in [0.3, 0.4) is 0 Å². The predicted octanol–water partition coefficient (Wildman–Crippen LogP) is 0.999. The molecular formula is C9H13N3O2S2. The number of hydrogen-bond acceptors (Lipinski definition) is 5. The lowest BCUT2D eigenvalue weighted by atomic mass is 10.4. The van der Waals surface area contributed by atoms with Crippen LogP contribution in [0.5, 0.6) is 0 Å². The highest BCUT2D eigenvalue weighted by Gasteiger charge is 2.05. The Labute approximate surface area is 102 Å². The summed E-state index contributed by atoms with van der Waals surface area (Å²) in [7, 11) is 0. The normalized spacial score (nSPS) is 10.1. The van der Waals surface area contributed by atoms with Gasteiger partial charge in [0, 0.05) is 17.6 Å². The van der Waals surface area contributed by atoms with Crippen LogP contribution in [0, 0.1) is 6.92 Å². The Morgan fingerprint density at radius 3 is 2.94 bits per heavy atom. The van der Waals surface area contributed by atoms with Crippen molar-refractivity contribution in [2.45, 2.75) is 13.3 Å². The summed E-state index contributed by atoms with van der Waals surface area (Å²) < 4.78 is 0. The largest absolute Gasteiger partial charge is 0.369 e. The summed E-state index contributed by atoms with van der Waals surface area (Å²) in [4.78, 5) is 25.9. The third kappa shape index (κ3) is 5.13. The predicted molar refractivity (Wildman–Crippen MR) is 66.6 cm³/mol. The maximum Gasteiger partial charge on any atom is 0.227 e. The van der Waals surface area contributed by atoms with Gasteiger partial charge in [-0.15, -0.1) is 11.3 Å². The van der Waals surface area contributed by atoms with E-state index in [0.29, 0.717) is 17.3 Å². The van der Waals surface area contributed by atoms with Crippen LogP contribution in [0.4, 0.5) is 5.13 Å². The number of hydrogen-bond donors (Lipinski definition) is 2. The van der Waals surface area contributed by atoms with E-state index in [9.17, 15) is 9.59 Å². The molecule has 0 unspecified atom stereocenters. The highest BCUT2D eigenvalue weighted by molar-refractivity contribution is 7.99. The second-order valence-corrected chi connectivity index (χ2v) is 5.07. The molecule has 16 heavy (non-hydrogen) atoms. The number of primary amides is 1. The first-order valence-corrected chi connectivity index (χ1v) is 6.69. The van der Waals surface area contributed by atoms with E-state index in [0.717, 1.165) is 5.69 Å². The molecule has 0 bridgehead atoms. The fraction of sp³-hybridized carbons (Fsp3) is 0.444. The molecule has 88 valence electrons. The summed E-state index contributed by atoms with van der Waals surface area (Å²) in [5.41, 5.74) is 5.86. The molecule has 7 heteroatoms. The van der Waals surface area contributed by atoms with Gasteiger partial charge >= 0.3 is 0 Å². The number of carbonyl (C=O) groups is 2. The molecule has 3 N–H and O–H groups in total. The van der Waals surface area contributed by atoms with Gasteiger partial charge in [0.05, 0.1) is 11.4 Å². The van der Waals surface area contributed by atoms with Crippen molar-refractivity contribution in [3.8, 4) is 0 Å². The molecule has 0 aliphatic rings. The van der Waals surface area contributed by atoms with Crippen molar-refractivity contribution in [1.82, 2.24) is 4.98 Å². The highest BCUT2D eigenvalue weighted by atomic mass is 32.2. The minimum Gasteiger partial charge on any atom is -0.369 e. The lowest BCUT2D eigenvalue weighted by molar-refractivity contribution is -0.116. The van der Waals surface area contributed by atoms with Crippen LogP contribution in [-0.2, 0) is 9.59 Å². The van der Waals surface area contributed by atoms with Gasteiger partial charge in [0.25, 0.3) is 0 Å². The molecule has 0 radical (unpaired) electrons. The van der Waals surface area contributed by atoms with Crippen molar-refractivity contribution in [3.63, 3.8) is 0 Å². The molecule has 1 aromatic rings. The van der Waals surface area contributed by atoms with Gasteiger partial charge in [-0.1, -0.05) is 0 Å². The average molecular weight is 259 g/mol. The molecule has 2 amide bonds. The number of thioether (sulfide) groups is 1. The molecule has 0 aromatic carbocycles. The Morgan fingerprint density at radius 2 is 2.38 bits per heavy atom. The molecule has 0 saturated heterocycles. The lowest BCUT2D eigenvalue weighted by Crippen LogP contribution is -2.15. The molecule has 0 aliphatic heterocycles. The van der Waals surface area contributed by atoms with Gasteiger partial charge in [0.15, 0.2) is 5.13 Å². The maximum absolute atomic E-state index is 11.4. The summed E-state index contributed by atoms with van der Waals surface area (Å²) >= 11 is 2.75. The quantitative estimate of drug-likeness (QED) is 0.746. The molecule has 0 fully saturated rings. The van der Waals surface area contributed by atoms with Crippen LogP contribution >= 0.6 is 23.1 Å². The molecule has 0 atom stereocenters. The number of aryl methyl sites for hydroxylation is 1. The zero-order valence-corrected chi connectivity index (χ0v) is 10.5. The Bertz CT molecular complexity index is 379. The number of nitrogens with one attached hydrogen (secondary N) is 1. The van der Waals surface area contributed by atoms with E-state index in [-0.39, 0.29) is 17.6 Å². The fourth-order valence-electron chi connectivity index (χ4n) is 0.931. The van der Waals surface area contributed by atoms with Crippen molar-refractivity contribution in [2.24, 2.45) is 5.73 Å². The van der Waals surface area contributed by atoms with E-state index in [4.69, 9.17) is 5.73 Å². The van der Waals surface area contributed by atoms with Gasteiger partial charge in [0.1, 0.15) is 0 Å². The number of nitrogens with zero attached hydrogens (tertiary/aromatic N) is 1. The minimum absolute atomic E-state index is 0.0914. The van der Waals surface area contributed by atoms with Crippen LogP contribution in [0.2, 0.25) is 0 Å². The SMILES string of the molecule is Cc1csc(NC(=O)CCSCC(N)=O)n1. The van der Waals surface area contributed by atoms with Gasteiger partial charge in [-0.05, 0) is 6.92 Å². The molecule has 1 rings (SSSR count). The third-order valence-electron chi connectivity index (χ3n) is 1.58. The van der Waals surface area contributed by atoms with Crippen LogP contribution < -0.4 is 11.1 Å². The Kier molecular flexibility index (Phi) is 5.27. The molecule has 0 aliphatic carbocycles. The summed E-state index contributed by atoms with van der Waals surface area (Å²) in [6.45, 7) is 1.87. The molecule has 1 aromatic heterocycles. The van der Waals surface area contributed by atoms with Crippen LogP contribution in [0.15, 0.2) is 5.38 Å². The first kappa shape index (κ1) is 13.0.